The molecule has 16 heavy (non-hydrogen) atoms. The van der Waals surface area contributed by atoms with E-state index in [0.29, 0.717) is 22.3 Å². The van der Waals surface area contributed by atoms with Crippen molar-refractivity contribution in [3.8, 4) is 11.6 Å². The van der Waals surface area contributed by atoms with Crippen LogP contribution in [-0.2, 0) is 0 Å². The Balaban J connectivity index is 2.24. The van der Waals surface area contributed by atoms with Crippen LogP contribution in [0.2, 0.25) is 5.02 Å². The number of ether oxygens (including phenoxy) is 1. The van der Waals surface area contributed by atoms with Gasteiger partial charge in [0.2, 0.25) is 5.88 Å². The minimum absolute atomic E-state index is 0.463. The quantitative estimate of drug-likeness (QED) is 0.866. The highest BCUT2D eigenvalue weighted by molar-refractivity contribution is 6.30. The number of rotatable bonds is 2. The number of nitrogens with zero attached hydrogens (tertiary/aromatic N) is 1. The maximum Gasteiger partial charge on any atom is 0.221 e. The molecule has 0 amide bonds. The van der Waals surface area contributed by atoms with Crippen LogP contribution in [0, 0.1) is 6.92 Å². The zero-order valence-electron chi connectivity index (χ0n) is 8.77. The Bertz CT molecular complexity index is 514. The van der Waals surface area contributed by atoms with Gasteiger partial charge in [0, 0.05) is 23.0 Å². The van der Waals surface area contributed by atoms with Gasteiger partial charge in [0.25, 0.3) is 0 Å². The standard InChI is InChI=1S/C12H11ClN2O/c1-8-7-15-12(6-11(8)14)16-10-4-2-3-9(13)5-10/h2-7H,1H3,(H2,14,15). The molecule has 0 aliphatic carbocycles. The molecular formula is C12H11ClN2O. The molecule has 0 aliphatic rings. The first kappa shape index (κ1) is 10.8. The summed E-state index contributed by atoms with van der Waals surface area (Å²) in [4.78, 5) is 4.12. The number of halogens is 1. The van der Waals surface area contributed by atoms with E-state index in [1.165, 1.54) is 0 Å². The number of nitrogen functional groups attached to an aromatic ring is 1. The van der Waals surface area contributed by atoms with Gasteiger partial charge < -0.3 is 10.5 Å². The molecule has 82 valence electrons. The van der Waals surface area contributed by atoms with Gasteiger partial charge >= 0.3 is 0 Å². The first-order valence-electron chi connectivity index (χ1n) is 4.81. The van der Waals surface area contributed by atoms with Gasteiger partial charge in [-0.25, -0.2) is 4.98 Å². The molecule has 1 aromatic heterocycles. The summed E-state index contributed by atoms with van der Waals surface area (Å²) >= 11 is 5.84. The lowest BCUT2D eigenvalue weighted by atomic mass is 10.3. The highest BCUT2D eigenvalue weighted by Crippen LogP contribution is 2.24. The number of anilines is 1. The fraction of sp³-hybridized carbons (Fsp3) is 0.0833. The van der Waals surface area contributed by atoms with Crippen LogP contribution in [0.5, 0.6) is 11.6 Å². The molecule has 1 aromatic carbocycles. The largest absolute Gasteiger partial charge is 0.439 e. The van der Waals surface area contributed by atoms with Crippen molar-refractivity contribution in [3.63, 3.8) is 0 Å². The Morgan fingerprint density at radius 1 is 1.31 bits per heavy atom. The van der Waals surface area contributed by atoms with Crippen LogP contribution < -0.4 is 10.5 Å². The number of hydrogen-bond acceptors (Lipinski definition) is 3. The second kappa shape index (κ2) is 4.41. The third-order valence-electron chi connectivity index (χ3n) is 2.14. The zero-order chi connectivity index (χ0) is 11.5. The molecule has 2 aromatic rings. The molecule has 0 saturated heterocycles. The first-order valence-corrected chi connectivity index (χ1v) is 5.18. The molecule has 0 spiro atoms. The monoisotopic (exact) mass is 234 g/mol. The van der Waals surface area contributed by atoms with E-state index < -0.39 is 0 Å². The molecule has 0 saturated carbocycles. The summed E-state index contributed by atoms with van der Waals surface area (Å²) in [5, 5.41) is 0.623. The van der Waals surface area contributed by atoms with Crippen molar-refractivity contribution in [3.05, 3.63) is 47.1 Å². The second-order valence-corrected chi connectivity index (χ2v) is 3.88. The SMILES string of the molecule is Cc1cnc(Oc2cccc(Cl)c2)cc1N. The van der Waals surface area contributed by atoms with Crippen LogP contribution in [0.25, 0.3) is 0 Å². The molecule has 0 aliphatic heterocycles. The van der Waals surface area contributed by atoms with Gasteiger partial charge in [-0.2, -0.15) is 0 Å². The van der Waals surface area contributed by atoms with Crippen molar-refractivity contribution in [1.82, 2.24) is 4.98 Å². The smallest absolute Gasteiger partial charge is 0.221 e. The molecule has 0 radical (unpaired) electrons. The van der Waals surface area contributed by atoms with Crippen LogP contribution >= 0.6 is 11.6 Å². The van der Waals surface area contributed by atoms with E-state index in [4.69, 9.17) is 22.1 Å². The summed E-state index contributed by atoms with van der Waals surface area (Å²) in [5.41, 5.74) is 7.35. The summed E-state index contributed by atoms with van der Waals surface area (Å²) in [6.07, 6.45) is 1.68. The van der Waals surface area contributed by atoms with Crippen molar-refractivity contribution in [2.45, 2.75) is 6.92 Å². The molecule has 2 N–H and O–H groups in total. The molecule has 0 fully saturated rings. The highest BCUT2D eigenvalue weighted by Gasteiger charge is 2.01. The second-order valence-electron chi connectivity index (χ2n) is 3.44. The number of benzene rings is 1. The summed E-state index contributed by atoms with van der Waals surface area (Å²) in [7, 11) is 0. The number of nitrogens with two attached hydrogens (primary N) is 1. The average molecular weight is 235 g/mol. The van der Waals surface area contributed by atoms with Crippen LogP contribution in [0.3, 0.4) is 0 Å². The molecule has 2 rings (SSSR count). The van der Waals surface area contributed by atoms with Crippen LogP contribution in [0.15, 0.2) is 36.5 Å². The van der Waals surface area contributed by atoms with E-state index in [2.05, 4.69) is 4.98 Å². The van der Waals surface area contributed by atoms with E-state index in [0.717, 1.165) is 5.56 Å². The Labute approximate surface area is 98.8 Å². The van der Waals surface area contributed by atoms with Crippen LogP contribution in [0.1, 0.15) is 5.56 Å². The molecule has 1 heterocycles. The van der Waals surface area contributed by atoms with Gasteiger partial charge in [0.1, 0.15) is 5.75 Å². The lowest BCUT2D eigenvalue weighted by Crippen LogP contribution is -1.93. The van der Waals surface area contributed by atoms with Crippen molar-refractivity contribution in [2.24, 2.45) is 0 Å². The molecule has 0 atom stereocenters. The number of aromatic nitrogens is 1. The maximum absolute atomic E-state index is 5.84. The van der Waals surface area contributed by atoms with Gasteiger partial charge in [0.05, 0.1) is 0 Å². The number of hydrogen-bond donors (Lipinski definition) is 1. The molecule has 3 nitrogen and oxygen atoms in total. The Morgan fingerprint density at radius 2 is 2.12 bits per heavy atom. The minimum atomic E-state index is 0.463. The van der Waals surface area contributed by atoms with E-state index in [1.54, 1.807) is 24.4 Å². The zero-order valence-corrected chi connectivity index (χ0v) is 9.53. The Kier molecular flexibility index (Phi) is 2.97. The number of pyridine rings is 1. The van der Waals surface area contributed by atoms with Gasteiger partial charge in [-0.05, 0) is 30.7 Å². The normalized spacial score (nSPS) is 10.1. The lowest BCUT2D eigenvalue weighted by Gasteiger charge is -2.06. The minimum Gasteiger partial charge on any atom is -0.439 e. The summed E-state index contributed by atoms with van der Waals surface area (Å²) in [6, 6.07) is 8.82. The highest BCUT2D eigenvalue weighted by atomic mass is 35.5. The van der Waals surface area contributed by atoms with E-state index in [1.807, 2.05) is 19.1 Å². The van der Waals surface area contributed by atoms with E-state index in [9.17, 15) is 0 Å². The Morgan fingerprint density at radius 3 is 2.81 bits per heavy atom. The Hall–Kier alpha value is -1.74. The van der Waals surface area contributed by atoms with Crippen molar-refractivity contribution >= 4 is 17.3 Å². The molecule has 4 heteroatoms. The lowest BCUT2D eigenvalue weighted by molar-refractivity contribution is 0.463. The fourth-order valence-corrected chi connectivity index (χ4v) is 1.41. The van der Waals surface area contributed by atoms with Crippen molar-refractivity contribution in [2.75, 3.05) is 5.73 Å². The predicted octanol–water partition coefficient (Wildman–Crippen LogP) is 3.42. The molecule has 0 unspecified atom stereocenters. The van der Waals surface area contributed by atoms with Gasteiger partial charge in [0.15, 0.2) is 0 Å². The number of aryl methyl sites for hydroxylation is 1. The van der Waals surface area contributed by atoms with Crippen LogP contribution in [-0.4, -0.2) is 4.98 Å². The summed E-state index contributed by atoms with van der Waals surface area (Å²) in [6.45, 7) is 1.89. The van der Waals surface area contributed by atoms with E-state index >= 15 is 0 Å². The maximum atomic E-state index is 5.84. The van der Waals surface area contributed by atoms with Crippen molar-refractivity contribution in [1.29, 1.82) is 0 Å². The van der Waals surface area contributed by atoms with Gasteiger partial charge in [-0.3, -0.25) is 0 Å². The molecule has 0 bridgehead atoms. The summed E-state index contributed by atoms with van der Waals surface area (Å²) < 4.78 is 5.52. The summed E-state index contributed by atoms with van der Waals surface area (Å²) in [5.74, 6) is 1.11. The van der Waals surface area contributed by atoms with Crippen LogP contribution in [0.4, 0.5) is 5.69 Å². The molecular weight excluding hydrogens is 224 g/mol. The van der Waals surface area contributed by atoms with Gasteiger partial charge in [-0.15, -0.1) is 0 Å². The first-order chi connectivity index (χ1) is 7.65. The third kappa shape index (κ3) is 2.44. The van der Waals surface area contributed by atoms with Crippen molar-refractivity contribution < 1.29 is 4.74 Å². The topological polar surface area (TPSA) is 48.1 Å². The fourth-order valence-electron chi connectivity index (χ4n) is 1.23. The predicted molar refractivity (Wildman–Crippen MR) is 64.9 cm³/mol. The van der Waals surface area contributed by atoms with E-state index in [-0.39, 0.29) is 0 Å². The van der Waals surface area contributed by atoms with Gasteiger partial charge in [-0.1, -0.05) is 17.7 Å². The average Bonchev–Trinajstić information content (AvgIpc) is 2.24. The third-order valence-corrected chi connectivity index (χ3v) is 2.37.